The molecule has 0 fully saturated rings. The van der Waals surface area contributed by atoms with E-state index in [0.717, 1.165) is 34.9 Å². The van der Waals surface area contributed by atoms with E-state index in [2.05, 4.69) is 22.8 Å². The van der Waals surface area contributed by atoms with E-state index >= 15 is 0 Å². The third-order valence-corrected chi connectivity index (χ3v) is 5.18. The van der Waals surface area contributed by atoms with E-state index in [0.29, 0.717) is 13.2 Å². The predicted molar refractivity (Wildman–Crippen MR) is 136 cm³/mol. The maximum absolute atomic E-state index is 12.4. The molecule has 0 heterocycles. The Morgan fingerprint density at radius 3 is 2.09 bits per heavy atom. The van der Waals surface area contributed by atoms with Crippen LogP contribution in [0.3, 0.4) is 0 Å². The van der Waals surface area contributed by atoms with Crippen molar-refractivity contribution >= 4 is 17.3 Å². The second kappa shape index (κ2) is 12.1. The normalized spacial score (nSPS) is 10.4. The van der Waals surface area contributed by atoms with Gasteiger partial charge in [-0.15, -0.1) is 0 Å². The van der Waals surface area contributed by atoms with Crippen LogP contribution in [0.4, 0.5) is 11.4 Å². The highest BCUT2D eigenvalue weighted by Crippen LogP contribution is 2.19. The Morgan fingerprint density at radius 1 is 0.647 bits per heavy atom. The number of anilines is 2. The quantitative estimate of drug-likeness (QED) is 0.296. The van der Waals surface area contributed by atoms with Gasteiger partial charge in [-0.3, -0.25) is 4.79 Å². The summed E-state index contributed by atoms with van der Waals surface area (Å²) < 4.78 is 11.6. The third-order valence-electron chi connectivity index (χ3n) is 5.18. The van der Waals surface area contributed by atoms with Gasteiger partial charge in [0.2, 0.25) is 5.91 Å². The summed E-state index contributed by atoms with van der Waals surface area (Å²) in [6.07, 6.45) is 0.844. The highest BCUT2D eigenvalue weighted by Gasteiger charge is 2.04. The van der Waals surface area contributed by atoms with E-state index < -0.39 is 0 Å². The smallest absolute Gasteiger partial charge is 0.243 e. The molecule has 172 valence electrons. The minimum Gasteiger partial charge on any atom is -0.493 e. The fraction of sp³-hybridized carbons (Fsp3) is 0.138. The van der Waals surface area contributed by atoms with Crippen molar-refractivity contribution in [1.82, 2.24) is 0 Å². The number of benzene rings is 4. The molecule has 0 aliphatic heterocycles. The minimum absolute atomic E-state index is 0.131. The van der Waals surface area contributed by atoms with Gasteiger partial charge < -0.3 is 20.1 Å². The Labute approximate surface area is 200 Å². The van der Waals surface area contributed by atoms with Gasteiger partial charge in [0.25, 0.3) is 0 Å². The lowest BCUT2D eigenvalue weighted by Gasteiger charge is -2.11. The molecule has 0 bridgehead atoms. The van der Waals surface area contributed by atoms with Crippen molar-refractivity contribution in [2.45, 2.75) is 13.0 Å². The van der Waals surface area contributed by atoms with Gasteiger partial charge >= 0.3 is 0 Å². The molecular weight excluding hydrogens is 424 g/mol. The molecule has 4 rings (SSSR count). The first-order chi connectivity index (χ1) is 16.7. The van der Waals surface area contributed by atoms with Crippen LogP contribution < -0.4 is 20.1 Å². The maximum Gasteiger partial charge on any atom is 0.243 e. The SMILES string of the molecule is O=C(CNc1cccc(OCCc2ccccc2)c1)Nc1ccc(OCc2ccccc2)cc1. The number of ether oxygens (including phenoxy) is 2. The van der Waals surface area contributed by atoms with Gasteiger partial charge in [-0.05, 0) is 47.5 Å². The maximum atomic E-state index is 12.4. The highest BCUT2D eigenvalue weighted by atomic mass is 16.5. The van der Waals surface area contributed by atoms with Gasteiger partial charge in [0.05, 0.1) is 13.2 Å². The number of carbonyl (C=O) groups excluding carboxylic acids is 1. The summed E-state index contributed by atoms with van der Waals surface area (Å²) in [5.41, 5.74) is 3.90. The van der Waals surface area contributed by atoms with Crippen LogP contribution in [0.15, 0.2) is 109 Å². The molecule has 1 amide bonds. The van der Waals surface area contributed by atoms with Crippen LogP contribution in [0.1, 0.15) is 11.1 Å². The van der Waals surface area contributed by atoms with Crippen molar-refractivity contribution in [3.63, 3.8) is 0 Å². The van der Waals surface area contributed by atoms with Crippen LogP contribution in [-0.2, 0) is 17.8 Å². The molecular formula is C29H28N2O3. The molecule has 2 N–H and O–H groups in total. The van der Waals surface area contributed by atoms with Crippen LogP contribution in [0.5, 0.6) is 11.5 Å². The average molecular weight is 453 g/mol. The number of nitrogens with one attached hydrogen (secondary N) is 2. The molecule has 0 saturated heterocycles. The summed E-state index contributed by atoms with van der Waals surface area (Å²) in [6, 6.07) is 35.2. The lowest BCUT2D eigenvalue weighted by atomic mass is 10.2. The molecule has 34 heavy (non-hydrogen) atoms. The Hall–Kier alpha value is -4.25. The van der Waals surface area contributed by atoms with E-state index in [-0.39, 0.29) is 12.5 Å². The van der Waals surface area contributed by atoms with Gasteiger partial charge in [-0.25, -0.2) is 0 Å². The van der Waals surface area contributed by atoms with Crippen LogP contribution in [0.2, 0.25) is 0 Å². The van der Waals surface area contributed by atoms with Crippen molar-refractivity contribution in [2.75, 3.05) is 23.8 Å². The van der Waals surface area contributed by atoms with E-state index in [4.69, 9.17) is 9.47 Å². The average Bonchev–Trinajstić information content (AvgIpc) is 2.89. The van der Waals surface area contributed by atoms with Crippen molar-refractivity contribution in [1.29, 1.82) is 0 Å². The van der Waals surface area contributed by atoms with Gasteiger partial charge in [-0.2, -0.15) is 0 Å². The number of hydrogen-bond acceptors (Lipinski definition) is 4. The molecule has 5 heteroatoms. The molecule has 0 aliphatic rings. The van der Waals surface area contributed by atoms with Crippen LogP contribution >= 0.6 is 0 Å². The van der Waals surface area contributed by atoms with E-state index in [1.165, 1.54) is 5.56 Å². The fourth-order valence-electron chi connectivity index (χ4n) is 3.39. The number of amides is 1. The monoisotopic (exact) mass is 452 g/mol. The molecule has 5 nitrogen and oxygen atoms in total. The van der Waals surface area contributed by atoms with Crippen molar-refractivity contribution < 1.29 is 14.3 Å². The highest BCUT2D eigenvalue weighted by molar-refractivity contribution is 5.93. The fourth-order valence-corrected chi connectivity index (χ4v) is 3.39. The standard InChI is InChI=1S/C29H28N2O3/c32-29(31-25-14-16-27(17-15-25)34-22-24-10-5-2-6-11-24)21-30-26-12-7-13-28(20-26)33-19-18-23-8-3-1-4-9-23/h1-17,20,30H,18-19,21-22H2,(H,31,32). The second-order valence-electron chi connectivity index (χ2n) is 7.81. The van der Waals surface area contributed by atoms with Gasteiger partial charge in [-0.1, -0.05) is 66.7 Å². The topological polar surface area (TPSA) is 59.6 Å². The first-order valence-corrected chi connectivity index (χ1v) is 11.3. The predicted octanol–water partition coefficient (Wildman–Crippen LogP) is 5.94. The Kier molecular flexibility index (Phi) is 8.17. The van der Waals surface area contributed by atoms with Gasteiger partial charge in [0, 0.05) is 23.9 Å². The summed E-state index contributed by atoms with van der Waals surface area (Å²) in [5.74, 6) is 1.39. The number of carbonyl (C=O) groups is 1. The molecule has 0 spiro atoms. The van der Waals surface area contributed by atoms with Gasteiger partial charge in [0.1, 0.15) is 18.1 Å². The second-order valence-corrected chi connectivity index (χ2v) is 7.81. The van der Waals surface area contributed by atoms with Crippen LogP contribution in [0, 0.1) is 0 Å². The zero-order chi connectivity index (χ0) is 23.4. The first-order valence-electron chi connectivity index (χ1n) is 11.3. The summed E-state index contributed by atoms with van der Waals surface area (Å²) in [6.45, 7) is 1.25. The molecule has 0 unspecified atom stereocenters. The molecule has 0 aromatic heterocycles. The summed E-state index contributed by atoms with van der Waals surface area (Å²) in [5, 5.41) is 6.04. The zero-order valence-electron chi connectivity index (χ0n) is 18.9. The van der Waals surface area contributed by atoms with E-state index in [9.17, 15) is 4.79 Å². The number of hydrogen-bond donors (Lipinski definition) is 2. The van der Waals surface area contributed by atoms with Crippen LogP contribution in [-0.4, -0.2) is 19.1 Å². The van der Waals surface area contributed by atoms with E-state index in [1.807, 2.05) is 97.1 Å². The molecule has 0 aliphatic carbocycles. The van der Waals surface area contributed by atoms with Crippen molar-refractivity contribution in [2.24, 2.45) is 0 Å². The first kappa shape index (κ1) is 22.9. The minimum atomic E-state index is -0.131. The molecule has 0 atom stereocenters. The summed E-state index contributed by atoms with van der Waals surface area (Å²) in [4.78, 5) is 12.4. The Bertz CT molecular complexity index is 1160. The lowest BCUT2D eigenvalue weighted by molar-refractivity contribution is -0.114. The molecule has 0 saturated carbocycles. The summed E-state index contributed by atoms with van der Waals surface area (Å²) in [7, 11) is 0. The van der Waals surface area contributed by atoms with Gasteiger partial charge in [0.15, 0.2) is 0 Å². The molecule has 0 radical (unpaired) electrons. The zero-order valence-corrected chi connectivity index (χ0v) is 18.9. The largest absolute Gasteiger partial charge is 0.493 e. The van der Waals surface area contributed by atoms with Crippen molar-refractivity contribution in [3.05, 3.63) is 120 Å². The molecule has 4 aromatic carbocycles. The third kappa shape index (κ3) is 7.41. The Morgan fingerprint density at radius 2 is 1.35 bits per heavy atom. The van der Waals surface area contributed by atoms with Crippen LogP contribution in [0.25, 0.3) is 0 Å². The van der Waals surface area contributed by atoms with E-state index in [1.54, 1.807) is 0 Å². The number of rotatable bonds is 11. The summed E-state index contributed by atoms with van der Waals surface area (Å²) >= 11 is 0. The Balaban J connectivity index is 1.19. The van der Waals surface area contributed by atoms with Crippen molar-refractivity contribution in [3.8, 4) is 11.5 Å². The lowest BCUT2D eigenvalue weighted by Crippen LogP contribution is -2.21. The molecule has 4 aromatic rings.